The van der Waals surface area contributed by atoms with E-state index in [9.17, 15) is 8.42 Å². The molecule has 0 radical (unpaired) electrons. The Morgan fingerprint density at radius 3 is 2.43 bits per heavy atom. The second kappa shape index (κ2) is 5.66. The quantitative estimate of drug-likeness (QED) is 0.944. The van der Waals surface area contributed by atoms with Gasteiger partial charge in [-0.2, -0.15) is 0 Å². The van der Waals surface area contributed by atoms with E-state index < -0.39 is 10.0 Å². The van der Waals surface area contributed by atoms with Crippen molar-refractivity contribution in [1.29, 1.82) is 0 Å². The number of nitrogens with one attached hydrogen (secondary N) is 1. The van der Waals surface area contributed by atoms with Gasteiger partial charge in [0, 0.05) is 6.04 Å². The van der Waals surface area contributed by atoms with Crippen LogP contribution >= 0.6 is 0 Å². The van der Waals surface area contributed by atoms with E-state index in [0.717, 1.165) is 42.2 Å². The maximum absolute atomic E-state index is 12.4. The number of ether oxygens (including phenoxy) is 1. The van der Waals surface area contributed by atoms with Gasteiger partial charge in [0.05, 0.1) is 12.0 Å². The van der Waals surface area contributed by atoms with Gasteiger partial charge < -0.3 is 4.74 Å². The molecule has 4 nitrogen and oxygen atoms in total. The van der Waals surface area contributed by atoms with E-state index in [2.05, 4.69) is 4.72 Å². The van der Waals surface area contributed by atoms with Gasteiger partial charge in [-0.05, 0) is 47.9 Å². The summed E-state index contributed by atoms with van der Waals surface area (Å²) < 4.78 is 32.8. The summed E-state index contributed by atoms with van der Waals surface area (Å²) >= 11 is 0. The highest BCUT2D eigenvalue weighted by Crippen LogP contribution is 2.25. The Kier molecular flexibility index (Phi) is 3.87. The summed E-state index contributed by atoms with van der Waals surface area (Å²) in [6.07, 6.45) is 4.07. The summed E-state index contributed by atoms with van der Waals surface area (Å²) in [5.74, 6) is 0.766. The molecule has 1 aliphatic rings. The average molecular weight is 305 g/mol. The van der Waals surface area contributed by atoms with Crippen molar-refractivity contribution in [2.45, 2.75) is 36.6 Å². The number of hydrogen-bond acceptors (Lipinski definition) is 3. The van der Waals surface area contributed by atoms with Crippen molar-refractivity contribution in [3.8, 4) is 5.75 Å². The van der Waals surface area contributed by atoms with Crippen LogP contribution in [0.4, 0.5) is 0 Å². The fourth-order valence-electron chi connectivity index (χ4n) is 2.83. The van der Waals surface area contributed by atoms with E-state index in [1.807, 2.05) is 24.3 Å². The molecule has 1 saturated carbocycles. The molecule has 0 aromatic heterocycles. The number of benzene rings is 2. The first-order valence-electron chi connectivity index (χ1n) is 7.19. The lowest BCUT2D eigenvalue weighted by Crippen LogP contribution is -2.32. The summed E-state index contributed by atoms with van der Waals surface area (Å²) in [4.78, 5) is 0.326. The second-order valence-electron chi connectivity index (χ2n) is 5.48. The van der Waals surface area contributed by atoms with Gasteiger partial charge in [0.1, 0.15) is 5.75 Å². The van der Waals surface area contributed by atoms with Crippen LogP contribution in [-0.4, -0.2) is 21.6 Å². The summed E-state index contributed by atoms with van der Waals surface area (Å²) in [5, 5.41) is 1.86. The van der Waals surface area contributed by atoms with Crippen molar-refractivity contribution in [3.05, 3.63) is 36.4 Å². The predicted octanol–water partition coefficient (Wildman–Crippen LogP) is 3.07. The Morgan fingerprint density at radius 1 is 1.05 bits per heavy atom. The number of methoxy groups -OCH3 is 1. The zero-order valence-electron chi connectivity index (χ0n) is 12.0. The van der Waals surface area contributed by atoms with E-state index in [1.54, 1.807) is 19.2 Å². The van der Waals surface area contributed by atoms with Crippen LogP contribution in [0.2, 0.25) is 0 Å². The molecular weight excluding hydrogens is 286 g/mol. The van der Waals surface area contributed by atoms with Crippen LogP contribution in [0.1, 0.15) is 25.7 Å². The molecule has 0 heterocycles. The molecule has 0 amide bonds. The Labute approximate surface area is 125 Å². The van der Waals surface area contributed by atoms with Gasteiger partial charge in [-0.1, -0.05) is 25.0 Å². The van der Waals surface area contributed by atoms with Gasteiger partial charge in [0.2, 0.25) is 10.0 Å². The van der Waals surface area contributed by atoms with E-state index >= 15 is 0 Å². The lowest BCUT2D eigenvalue weighted by Gasteiger charge is -2.13. The van der Waals surface area contributed by atoms with E-state index in [1.165, 1.54) is 0 Å². The van der Waals surface area contributed by atoms with Crippen LogP contribution in [0.15, 0.2) is 41.3 Å². The summed E-state index contributed by atoms with van der Waals surface area (Å²) in [7, 11) is -1.82. The van der Waals surface area contributed by atoms with Gasteiger partial charge >= 0.3 is 0 Å². The van der Waals surface area contributed by atoms with Crippen LogP contribution in [0, 0.1) is 0 Å². The summed E-state index contributed by atoms with van der Waals surface area (Å²) in [6.45, 7) is 0. The third-order valence-electron chi connectivity index (χ3n) is 4.01. The molecule has 1 N–H and O–H groups in total. The third-order valence-corrected chi connectivity index (χ3v) is 5.52. The van der Waals surface area contributed by atoms with Crippen molar-refractivity contribution in [1.82, 2.24) is 4.72 Å². The van der Waals surface area contributed by atoms with Crippen molar-refractivity contribution in [3.63, 3.8) is 0 Å². The van der Waals surface area contributed by atoms with Gasteiger partial charge in [-0.25, -0.2) is 13.1 Å². The minimum atomic E-state index is -3.43. The Bertz CT molecular complexity index is 749. The fraction of sp³-hybridized carbons (Fsp3) is 0.375. The fourth-order valence-corrected chi connectivity index (χ4v) is 4.17. The topological polar surface area (TPSA) is 55.4 Å². The van der Waals surface area contributed by atoms with E-state index in [0.29, 0.717) is 4.90 Å². The molecule has 5 heteroatoms. The molecule has 3 rings (SSSR count). The summed E-state index contributed by atoms with van der Waals surface area (Å²) in [6, 6.07) is 10.9. The van der Waals surface area contributed by atoms with E-state index in [-0.39, 0.29) is 6.04 Å². The lowest BCUT2D eigenvalue weighted by atomic mass is 10.1. The highest BCUT2D eigenvalue weighted by molar-refractivity contribution is 7.89. The maximum Gasteiger partial charge on any atom is 0.240 e. The molecule has 0 bridgehead atoms. The second-order valence-corrected chi connectivity index (χ2v) is 7.19. The monoisotopic (exact) mass is 305 g/mol. The maximum atomic E-state index is 12.4. The van der Waals surface area contributed by atoms with Crippen molar-refractivity contribution in [2.24, 2.45) is 0 Å². The highest BCUT2D eigenvalue weighted by Gasteiger charge is 2.22. The van der Waals surface area contributed by atoms with Crippen LogP contribution in [0.3, 0.4) is 0 Å². The minimum absolute atomic E-state index is 0.0848. The first kappa shape index (κ1) is 14.4. The zero-order chi connectivity index (χ0) is 14.9. The SMILES string of the molecule is COc1ccc2cc(S(=O)(=O)NC3CCCC3)ccc2c1. The number of hydrogen-bond donors (Lipinski definition) is 1. The molecule has 112 valence electrons. The zero-order valence-corrected chi connectivity index (χ0v) is 12.8. The normalized spacial score (nSPS) is 16.4. The molecule has 1 aliphatic carbocycles. The largest absolute Gasteiger partial charge is 0.497 e. The molecule has 21 heavy (non-hydrogen) atoms. The molecule has 2 aromatic rings. The highest BCUT2D eigenvalue weighted by atomic mass is 32.2. The third kappa shape index (κ3) is 3.04. The smallest absolute Gasteiger partial charge is 0.240 e. The van der Waals surface area contributed by atoms with Gasteiger partial charge in [0.15, 0.2) is 0 Å². The van der Waals surface area contributed by atoms with Crippen molar-refractivity contribution >= 4 is 20.8 Å². The molecule has 0 unspecified atom stereocenters. The van der Waals surface area contributed by atoms with Crippen LogP contribution in [0.5, 0.6) is 5.75 Å². The molecule has 2 aromatic carbocycles. The van der Waals surface area contributed by atoms with Gasteiger partial charge in [-0.3, -0.25) is 0 Å². The average Bonchev–Trinajstić information content (AvgIpc) is 2.98. The molecule has 0 saturated heterocycles. The number of fused-ring (bicyclic) bond motifs is 1. The summed E-state index contributed by atoms with van der Waals surface area (Å²) in [5.41, 5.74) is 0. The first-order chi connectivity index (χ1) is 10.1. The Morgan fingerprint density at radius 2 is 1.71 bits per heavy atom. The minimum Gasteiger partial charge on any atom is -0.497 e. The molecule has 0 aliphatic heterocycles. The molecular formula is C16H19NO3S. The van der Waals surface area contributed by atoms with Crippen LogP contribution in [0.25, 0.3) is 10.8 Å². The Hall–Kier alpha value is -1.59. The predicted molar refractivity (Wildman–Crippen MR) is 83.1 cm³/mol. The van der Waals surface area contributed by atoms with E-state index in [4.69, 9.17) is 4.74 Å². The number of sulfonamides is 1. The van der Waals surface area contributed by atoms with Crippen LogP contribution in [-0.2, 0) is 10.0 Å². The number of rotatable bonds is 4. The van der Waals surface area contributed by atoms with Crippen molar-refractivity contribution < 1.29 is 13.2 Å². The van der Waals surface area contributed by atoms with Gasteiger partial charge in [0.25, 0.3) is 0 Å². The standard InChI is InChI=1S/C16H19NO3S/c1-20-15-8-6-13-11-16(9-7-12(13)10-15)21(18,19)17-14-4-2-3-5-14/h6-11,14,17H,2-5H2,1H3. The van der Waals surface area contributed by atoms with Gasteiger partial charge in [-0.15, -0.1) is 0 Å². The molecule has 1 fully saturated rings. The van der Waals surface area contributed by atoms with Crippen molar-refractivity contribution in [2.75, 3.05) is 7.11 Å². The first-order valence-corrected chi connectivity index (χ1v) is 8.67. The molecule has 0 spiro atoms. The lowest BCUT2D eigenvalue weighted by molar-refractivity contribution is 0.415. The van der Waals surface area contributed by atoms with Crippen LogP contribution < -0.4 is 9.46 Å². The molecule has 0 atom stereocenters. The Balaban J connectivity index is 1.92.